The molecule has 3 aromatic heterocycles. The summed E-state index contributed by atoms with van der Waals surface area (Å²) in [5.74, 6) is -0.216. The molecule has 0 aliphatic rings. The molecular formula is C26H22ClN3O4. The SMILES string of the molecule is Cc1c(CC(=O)NCCCn2ccnc2)c(=O)oc2cc3occ(-c4ccc(Cl)cc4)c3cc12. The summed E-state index contributed by atoms with van der Waals surface area (Å²) >= 11 is 6.03. The Hall–Kier alpha value is -3.84. The first-order chi connectivity index (χ1) is 16.5. The van der Waals surface area contributed by atoms with Gasteiger partial charge in [0.2, 0.25) is 5.91 Å². The lowest BCUT2D eigenvalue weighted by Crippen LogP contribution is -2.29. The Kier molecular flexibility index (Phi) is 5.94. The number of carbonyl (C=O) groups excluding carboxylic acids is 1. The number of furan rings is 1. The lowest BCUT2D eigenvalue weighted by Gasteiger charge is -2.09. The number of nitrogens with one attached hydrogen (secondary N) is 1. The molecule has 0 saturated carbocycles. The summed E-state index contributed by atoms with van der Waals surface area (Å²) in [6.45, 7) is 3.11. The third kappa shape index (κ3) is 4.34. The van der Waals surface area contributed by atoms with E-state index in [1.165, 1.54) is 0 Å². The van der Waals surface area contributed by atoms with E-state index in [-0.39, 0.29) is 12.3 Å². The van der Waals surface area contributed by atoms with Gasteiger partial charge < -0.3 is 18.7 Å². The second-order valence-electron chi connectivity index (χ2n) is 8.17. The number of imidazole rings is 1. The molecule has 0 saturated heterocycles. The van der Waals surface area contributed by atoms with Crippen LogP contribution in [0.5, 0.6) is 0 Å². The largest absolute Gasteiger partial charge is 0.464 e. The van der Waals surface area contributed by atoms with Crippen molar-refractivity contribution >= 4 is 39.4 Å². The highest BCUT2D eigenvalue weighted by atomic mass is 35.5. The normalized spacial score (nSPS) is 11.4. The van der Waals surface area contributed by atoms with E-state index in [0.717, 1.165) is 40.4 Å². The number of carbonyl (C=O) groups is 1. The third-order valence-corrected chi connectivity index (χ3v) is 6.20. The van der Waals surface area contributed by atoms with Crippen molar-refractivity contribution in [1.29, 1.82) is 0 Å². The van der Waals surface area contributed by atoms with Crippen LogP contribution in [0.3, 0.4) is 0 Å². The summed E-state index contributed by atoms with van der Waals surface area (Å²) in [5.41, 5.74) is 3.49. The van der Waals surface area contributed by atoms with Crippen molar-refractivity contribution in [2.45, 2.75) is 26.3 Å². The minimum atomic E-state index is -0.512. The van der Waals surface area contributed by atoms with Gasteiger partial charge >= 0.3 is 5.63 Å². The highest BCUT2D eigenvalue weighted by molar-refractivity contribution is 6.30. The Labute approximate surface area is 200 Å². The Bertz CT molecular complexity index is 1530. The van der Waals surface area contributed by atoms with Gasteiger partial charge in [-0.1, -0.05) is 23.7 Å². The highest BCUT2D eigenvalue weighted by Gasteiger charge is 2.17. The number of aromatic nitrogens is 2. The molecule has 7 nitrogen and oxygen atoms in total. The summed E-state index contributed by atoms with van der Waals surface area (Å²) in [6.07, 6.45) is 7.73. The number of fused-ring (bicyclic) bond motifs is 2. The quantitative estimate of drug-likeness (QED) is 0.261. The van der Waals surface area contributed by atoms with Crippen LogP contribution in [0.4, 0.5) is 0 Å². The molecule has 0 atom stereocenters. The number of rotatable bonds is 7. The van der Waals surface area contributed by atoms with Crippen molar-refractivity contribution in [2.75, 3.05) is 6.54 Å². The number of benzene rings is 2. The van der Waals surface area contributed by atoms with Gasteiger partial charge in [0, 0.05) is 52.9 Å². The molecule has 2 aromatic carbocycles. The number of hydrogen-bond acceptors (Lipinski definition) is 5. The molecule has 0 bridgehead atoms. The minimum absolute atomic E-state index is 0.0390. The van der Waals surface area contributed by atoms with Gasteiger partial charge in [0.15, 0.2) is 0 Å². The average molecular weight is 476 g/mol. The topological polar surface area (TPSA) is 90.3 Å². The van der Waals surface area contributed by atoms with Gasteiger partial charge in [0.1, 0.15) is 11.2 Å². The standard InChI is InChI=1S/C26H22ClN3O4/c1-16-19-11-21-22(17-3-5-18(27)6-4-17)14-33-23(21)13-24(19)34-26(32)20(16)12-25(31)29-7-2-9-30-10-8-28-15-30/h3-6,8,10-11,13-15H,2,7,9,12H2,1H3,(H,29,31). The minimum Gasteiger partial charge on any atom is -0.464 e. The molecular weight excluding hydrogens is 454 g/mol. The maximum atomic E-state index is 12.7. The molecule has 0 unspecified atom stereocenters. The maximum absolute atomic E-state index is 12.7. The number of amides is 1. The van der Waals surface area contributed by atoms with Crippen molar-refractivity contribution in [2.24, 2.45) is 0 Å². The van der Waals surface area contributed by atoms with Crippen LogP contribution >= 0.6 is 11.6 Å². The van der Waals surface area contributed by atoms with Gasteiger partial charge in [0.25, 0.3) is 0 Å². The summed E-state index contributed by atoms with van der Waals surface area (Å²) < 4.78 is 13.2. The first kappa shape index (κ1) is 22.0. The second-order valence-corrected chi connectivity index (χ2v) is 8.61. The van der Waals surface area contributed by atoms with Crippen LogP contribution in [0.25, 0.3) is 33.1 Å². The fraction of sp³-hybridized carbons (Fsp3) is 0.192. The zero-order valence-corrected chi connectivity index (χ0v) is 19.3. The lowest BCUT2D eigenvalue weighted by molar-refractivity contribution is -0.120. The van der Waals surface area contributed by atoms with E-state index >= 15 is 0 Å². The van der Waals surface area contributed by atoms with E-state index in [2.05, 4.69) is 10.3 Å². The summed E-state index contributed by atoms with van der Waals surface area (Å²) in [5, 5.41) is 5.19. The van der Waals surface area contributed by atoms with Crippen molar-refractivity contribution in [3.63, 3.8) is 0 Å². The van der Waals surface area contributed by atoms with Crippen LogP contribution < -0.4 is 10.9 Å². The summed E-state index contributed by atoms with van der Waals surface area (Å²) in [6, 6.07) is 11.2. The number of nitrogens with zero attached hydrogens (tertiary/aromatic N) is 2. The Morgan fingerprint density at radius 1 is 1.15 bits per heavy atom. The number of halogens is 1. The molecule has 8 heteroatoms. The Balaban J connectivity index is 1.40. The van der Waals surface area contributed by atoms with Crippen molar-refractivity contribution in [3.8, 4) is 11.1 Å². The van der Waals surface area contributed by atoms with Gasteiger partial charge in [-0.25, -0.2) is 9.78 Å². The van der Waals surface area contributed by atoms with E-state index in [9.17, 15) is 9.59 Å². The second kappa shape index (κ2) is 9.19. The van der Waals surface area contributed by atoms with Gasteiger partial charge in [-0.15, -0.1) is 0 Å². The van der Waals surface area contributed by atoms with E-state index in [0.29, 0.717) is 28.3 Å². The molecule has 0 radical (unpaired) electrons. The molecule has 0 aliphatic carbocycles. The zero-order chi connectivity index (χ0) is 23.7. The van der Waals surface area contributed by atoms with E-state index in [1.807, 2.05) is 48.0 Å². The monoisotopic (exact) mass is 475 g/mol. The third-order valence-electron chi connectivity index (χ3n) is 5.95. The van der Waals surface area contributed by atoms with Gasteiger partial charge in [-0.3, -0.25) is 4.79 Å². The zero-order valence-electron chi connectivity index (χ0n) is 18.5. The van der Waals surface area contributed by atoms with Gasteiger partial charge in [-0.2, -0.15) is 0 Å². The molecule has 5 rings (SSSR count). The first-order valence-electron chi connectivity index (χ1n) is 11.0. The predicted molar refractivity (Wildman–Crippen MR) is 131 cm³/mol. The van der Waals surface area contributed by atoms with Gasteiger partial charge in [-0.05, 0) is 42.7 Å². The molecule has 3 heterocycles. The van der Waals surface area contributed by atoms with Crippen molar-refractivity contribution in [1.82, 2.24) is 14.9 Å². The smallest absolute Gasteiger partial charge is 0.340 e. The molecule has 0 fully saturated rings. The Morgan fingerprint density at radius 2 is 1.97 bits per heavy atom. The fourth-order valence-electron chi connectivity index (χ4n) is 4.10. The van der Waals surface area contributed by atoms with E-state index in [1.54, 1.807) is 24.9 Å². The van der Waals surface area contributed by atoms with Crippen molar-refractivity contribution < 1.29 is 13.6 Å². The molecule has 0 spiro atoms. The van der Waals surface area contributed by atoms with E-state index < -0.39 is 5.63 Å². The number of aryl methyl sites for hydroxylation is 2. The molecule has 0 aliphatic heterocycles. The lowest BCUT2D eigenvalue weighted by atomic mass is 9.99. The Morgan fingerprint density at radius 3 is 2.74 bits per heavy atom. The molecule has 34 heavy (non-hydrogen) atoms. The molecule has 5 aromatic rings. The van der Waals surface area contributed by atoms with Crippen LogP contribution in [0.2, 0.25) is 5.02 Å². The highest BCUT2D eigenvalue weighted by Crippen LogP contribution is 2.35. The summed E-state index contributed by atoms with van der Waals surface area (Å²) in [4.78, 5) is 29.2. The molecule has 172 valence electrons. The average Bonchev–Trinajstić information content (AvgIpc) is 3.49. The van der Waals surface area contributed by atoms with Crippen molar-refractivity contribution in [3.05, 3.63) is 88.0 Å². The van der Waals surface area contributed by atoms with Crippen LogP contribution in [-0.4, -0.2) is 22.0 Å². The van der Waals surface area contributed by atoms with Crippen LogP contribution in [-0.2, 0) is 17.8 Å². The van der Waals surface area contributed by atoms with Crippen LogP contribution in [0.15, 0.2) is 75.0 Å². The van der Waals surface area contributed by atoms with Gasteiger partial charge in [0.05, 0.1) is 24.6 Å². The molecule has 1 N–H and O–H groups in total. The van der Waals surface area contributed by atoms with Crippen LogP contribution in [0.1, 0.15) is 17.5 Å². The van der Waals surface area contributed by atoms with E-state index in [4.69, 9.17) is 20.4 Å². The first-order valence-corrected chi connectivity index (χ1v) is 11.3. The van der Waals surface area contributed by atoms with Crippen LogP contribution in [0, 0.1) is 6.92 Å². The number of hydrogen-bond donors (Lipinski definition) is 1. The maximum Gasteiger partial charge on any atom is 0.340 e. The predicted octanol–water partition coefficient (Wildman–Crippen LogP) is 5.11. The summed E-state index contributed by atoms with van der Waals surface area (Å²) in [7, 11) is 0. The molecule has 1 amide bonds. The fourth-order valence-corrected chi connectivity index (χ4v) is 4.22.